The highest BCUT2D eigenvalue weighted by molar-refractivity contribution is 9.10. The zero-order valence-electron chi connectivity index (χ0n) is 11.7. The minimum Gasteiger partial charge on any atom is -0.484 e. The zero-order valence-corrected chi connectivity index (χ0v) is 13.3. The smallest absolute Gasteiger partial charge is 0.262 e. The molecular weight excluding hydrogens is 348 g/mol. The van der Waals surface area contributed by atoms with Crippen molar-refractivity contribution in [1.82, 2.24) is 0 Å². The third-order valence-corrected chi connectivity index (χ3v) is 3.33. The number of anilines is 1. The highest BCUT2D eigenvalue weighted by atomic mass is 79.9. The van der Waals surface area contributed by atoms with Crippen molar-refractivity contribution in [3.63, 3.8) is 0 Å². The third-order valence-electron chi connectivity index (χ3n) is 2.80. The van der Waals surface area contributed by atoms with Crippen molar-refractivity contribution in [2.75, 3.05) is 11.9 Å². The number of hydrogen-bond acceptors (Lipinski definition) is 3. The van der Waals surface area contributed by atoms with Gasteiger partial charge < -0.3 is 15.8 Å². The number of nitrogens with two attached hydrogens (primary N) is 1. The van der Waals surface area contributed by atoms with E-state index < -0.39 is 0 Å². The summed E-state index contributed by atoms with van der Waals surface area (Å²) in [4.78, 5) is 22.6. The molecule has 2 aromatic carbocycles. The van der Waals surface area contributed by atoms with E-state index in [2.05, 4.69) is 21.2 Å². The Morgan fingerprint density at radius 2 is 1.68 bits per heavy atom. The van der Waals surface area contributed by atoms with Gasteiger partial charge in [0.25, 0.3) is 5.91 Å². The first-order valence-corrected chi connectivity index (χ1v) is 7.38. The number of amides is 2. The number of benzene rings is 2. The quantitative estimate of drug-likeness (QED) is 0.828. The van der Waals surface area contributed by atoms with Gasteiger partial charge in [-0.15, -0.1) is 0 Å². The summed E-state index contributed by atoms with van der Waals surface area (Å²) in [5, 5.41) is 2.71. The van der Waals surface area contributed by atoms with Crippen LogP contribution in [0.25, 0.3) is 0 Å². The first kappa shape index (κ1) is 16.0. The highest BCUT2D eigenvalue weighted by Crippen LogP contribution is 2.16. The summed E-state index contributed by atoms with van der Waals surface area (Å²) in [5.74, 6) is -0.0274. The van der Waals surface area contributed by atoms with Gasteiger partial charge >= 0.3 is 0 Å². The van der Waals surface area contributed by atoms with Crippen molar-refractivity contribution in [2.45, 2.75) is 6.42 Å². The average Bonchev–Trinajstić information content (AvgIpc) is 2.48. The molecule has 0 aromatic heterocycles. The van der Waals surface area contributed by atoms with Gasteiger partial charge in [0.05, 0.1) is 6.42 Å². The van der Waals surface area contributed by atoms with Crippen LogP contribution in [0.4, 0.5) is 5.69 Å². The lowest BCUT2D eigenvalue weighted by Crippen LogP contribution is -2.20. The van der Waals surface area contributed by atoms with Crippen LogP contribution in [-0.2, 0) is 16.0 Å². The highest BCUT2D eigenvalue weighted by Gasteiger charge is 2.04. The Balaban J connectivity index is 1.83. The molecule has 0 fully saturated rings. The Bertz CT molecular complexity index is 654. The molecule has 0 radical (unpaired) electrons. The van der Waals surface area contributed by atoms with E-state index in [4.69, 9.17) is 10.5 Å². The van der Waals surface area contributed by atoms with Gasteiger partial charge in [-0.2, -0.15) is 0 Å². The molecule has 0 saturated heterocycles. The maximum absolute atomic E-state index is 11.8. The molecule has 3 N–H and O–H groups in total. The minimum absolute atomic E-state index is 0.0787. The molecule has 0 aliphatic heterocycles. The molecule has 0 spiro atoms. The maximum Gasteiger partial charge on any atom is 0.262 e. The fourth-order valence-corrected chi connectivity index (χ4v) is 2.05. The molecule has 0 aliphatic carbocycles. The SMILES string of the molecule is NC(=O)Cc1ccc(NC(=O)COc2ccc(Br)cc2)cc1. The fraction of sp³-hybridized carbons (Fsp3) is 0.125. The lowest BCUT2D eigenvalue weighted by atomic mass is 10.1. The average molecular weight is 363 g/mol. The largest absolute Gasteiger partial charge is 0.484 e. The van der Waals surface area contributed by atoms with Gasteiger partial charge in [0.1, 0.15) is 5.75 Å². The van der Waals surface area contributed by atoms with Crippen molar-refractivity contribution in [2.24, 2.45) is 5.73 Å². The summed E-state index contributed by atoms with van der Waals surface area (Å²) >= 11 is 3.33. The van der Waals surface area contributed by atoms with Crippen LogP contribution in [0.3, 0.4) is 0 Å². The van der Waals surface area contributed by atoms with E-state index in [9.17, 15) is 9.59 Å². The van der Waals surface area contributed by atoms with Gasteiger partial charge in [0, 0.05) is 10.2 Å². The molecule has 0 heterocycles. The van der Waals surface area contributed by atoms with Gasteiger partial charge in [0.15, 0.2) is 6.61 Å². The van der Waals surface area contributed by atoms with Crippen LogP contribution in [-0.4, -0.2) is 18.4 Å². The number of nitrogens with one attached hydrogen (secondary N) is 1. The lowest BCUT2D eigenvalue weighted by molar-refractivity contribution is -0.118. The summed E-state index contributed by atoms with van der Waals surface area (Å²) in [6.45, 7) is -0.0787. The molecule has 0 bridgehead atoms. The van der Waals surface area contributed by atoms with Gasteiger partial charge in [0.2, 0.25) is 5.91 Å². The van der Waals surface area contributed by atoms with Crippen molar-refractivity contribution < 1.29 is 14.3 Å². The summed E-state index contributed by atoms with van der Waals surface area (Å²) in [6, 6.07) is 14.2. The second-order valence-corrected chi connectivity index (χ2v) is 5.55. The van der Waals surface area contributed by atoms with Crippen molar-refractivity contribution in [3.8, 4) is 5.75 Å². The number of ether oxygens (including phenoxy) is 1. The van der Waals surface area contributed by atoms with E-state index in [1.165, 1.54) is 0 Å². The molecule has 2 amide bonds. The predicted molar refractivity (Wildman–Crippen MR) is 87.6 cm³/mol. The van der Waals surface area contributed by atoms with Crippen molar-refractivity contribution in [1.29, 1.82) is 0 Å². The second kappa shape index (κ2) is 7.61. The fourth-order valence-electron chi connectivity index (χ4n) is 1.78. The van der Waals surface area contributed by atoms with Crippen LogP contribution in [0.15, 0.2) is 53.0 Å². The summed E-state index contributed by atoms with van der Waals surface area (Å²) in [6.07, 6.45) is 0.181. The first-order valence-electron chi connectivity index (χ1n) is 6.58. The number of primary amides is 1. The number of carbonyl (C=O) groups excluding carboxylic acids is 2. The Hall–Kier alpha value is -2.34. The normalized spacial score (nSPS) is 10.0. The molecule has 22 heavy (non-hydrogen) atoms. The molecule has 6 heteroatoms. The molecular formula is C16H15BrN2O3. The number of halogens is 1. The maximum atomic E-state index is 11.8. The zero-order chi connectivity index (χ0) is 15.9. The van der Waals surface area contributed by atoms with E-state index in [0.29, 0.717) is 11.4 Å². The summed E-state index contributed by atoms with van der Waals surface area (Å²) in [5.41, 5.74) is 6.56. The van der Waals surface area contributed by atoms with Crippen LogP contribution in [0.5, 0.6) is 5.75 Å². The molecule has 114 valence electrons. The van der Waals surface area contributed by atoms with Gasteiger partial charge in [-0.25, -0.2) is 0 Å². The molecule has 5 nitrogen and oxygen atoms in total. The molecule has 0 saturated carbocycles. The molecule has 2 aromatic rings. The number of hydrogen-bond donors (Lipinski definition) is 2. The van der Waals surface area contributed by atoms with Gasteiger partial charge in [-0.3, -0.25) is 9.59 Å². The van der Waals surface area contributed by atoms with E-state index in [-0.39, 0.29) is 24.8 Å². The summed E-state index contributed by atoms with van der Waals surface area (Å²) in [7, 11) is 0. The predicted octanol–water partition coefficient (Wildman–Crippen LogP) is 2.49. The summed E-state index contributed by atoms with van der Waals surface area (Å²) < 4.78 is 6.32. The van der Waals surface area contributed by atoms with E-state index in [0.717, 1.165) is 10.0 Å². The Kier molecular flexibility index (Phi) is 5.55. The van der Waals surface area contributed by atoms with Crippen LogP contribution in [0.1, 0.15) is 5.56 Å². The standard InChI is InChI=1S/C16H15BrN2O3/c17-12-3-7-14(8-4-12)22-10-16(21)19-13-5-1-11(2-6-13)9-15(18)20/h1-8H,9-10H2,(H2,18,20)(H,19,21). The topological polar surface area (TPSA) is 81.4 Å². The molecule has 0 unspecified atom stereocenters. The molecule has 0 atom stereocenters. The van der Waals surface area contributed by atoms with Crippen LogP contribution in [0, 0.1) is 0 Å². The van der Waals surface area contributed by atoms with Crippen LogP contribution < -0.4 is 15.8 Å². The van der Waals surface area contributed by atoms with Crippen LogP contribution in [0.2, 0.25) is 0 Å². The van der Waals surface area contributed by atoms with E-state index in [1.54, 1.807) is 36.4 Å². The Labute approximate surface area is 136 Å². The lowest BCUT2D eigenvalue weighted by Gasteiger charge is -2.08. The monoisotopic (exact) mass is 362 g/mol. The molecule has 2 rings (SSSR count). The molecule has 0 aliphatic rings. The third kappa shape index (κ3) is 5.21. The number of rotatable bonds is 6. The van der Waals surface area contributed by atoms with Gasteiger partial charge in [-0.05, 0) is 42.0 Å². The minimum atomic E-state index is -0.389. The Morgan fingerprint density at radius 3 is 2.27 bits per heavy atom. The van der Waals surface area contributed by atoms with Crippen molar-refractivity contribution in [3.05, 3.63) is 58.6 Å². The van der Waals surface area contributed by atoms with E-state index >= 15 is 0 Å². The second-order valence-electron chi connectivity index (χ2n) is 4.63. The van der Waals surface area contributed by atoms with Crippen molar-refractivity contribution >= 4 is 33.4 Å². The van der Waals surface area contributed by atoms with Gasteiger partial charge in [-0.1, -0.05) is 28.1 Å². The number of carbonyl (C=O) groups is 2. The van der Waals surface area contributed by atoms with Crippen LogP contribution >= 0.6 is 15.9 Å². The first-order chi connectivity index (χ1) is 10.5. The Morgan fingerprint density at radius 1 is 1.05 bits per heavy atom. The van der Waals surface area contributed by atoms with E-state index in [1.807, 2.05) is 12.1 Å².